The van der Waals surface area contributed by atoms with E-state index in [1.165, 1.54) is 84.9 Å². The average molecular weight is 919 g/mol. The van der Waals surface area contributed by atoms with Gasteiger partial charge in [0, 0.05) is 23.3 Å². The van der Waals surface area contributed by atoms with Crippen LogP contribution in [-0.2, 0) is 39.7 Å². The molecule has 0 radical (unpaired) electrons. The van der Waals surface area contributed by atoms with Crippen molar-refractivity contribution < 1.29 is 85.4 Å². The summed E-state index contributed by atoms with van der Waals surface area (Å²) >= 11 is 0. The number of quaternary nitrogens is 2. The third-order valence-corrected chi connectivity index (χ3v) is 10.3. The Bertz CT molecular complexity index is 2490. The summed E-state index contributed by atoms with van der Waals surface area (Å²) in [4.78, 5) is 57.8. The molecule has 4 atom stereocenters. The van der Waals surface area contributed by atoms with E-state index in [1.54, 1.807) is 0 Å². The number of alkyl halides is 6. The summed E-state index contributed by atoms with van der Waals surface area (Å²) in [5.74, 6) is -7.81. The molecule has 0 heterocycles. The molecule has 0 aromatic heterocycles. The van der Waals surface area contributed by atoms with E-state index in [9.17, 15) is 19.2 Å². The second kappa shape index (κ2) is 19.6. The van der Waals surface area contributed by atoms with Gasteiger partial charge >= 0.3 is 36.2 Å². The largest absolute Gasteiger partial charge is 0.497 e. The molecule has 6 aromatic rings. The molecule has 0 aliphatic rings. The second-order valence-corrected chi connectivity index (χ2v) is 14.4. The van der Waals surface area contributed by atoms with Gasteiger partial charge in [-0.1, -0.05) is 97.1 Å². The van der Waals surface area contributed by atoms with Gasteiger partial charge in [0.1, 0.15) is 22.9 Å². The zero-order valence-corrected chi connectivity index (χ0v) is 34.9. The first-order valence-electron chi connectivity index (χ1n) is 19.6. The molecule has 0 spiro atoms. The summed E-state index contributed by atoms with van der Waals surface area (Å²) in [5, 5.41) is 0. The van der Waals surface area contributed by atoms with E-state index in [1.807, 2.05) is 0 Å². The average Bonchev–Trinajstić information content (AvgIpc) is 3.31. The molecule has 6 aromatic carbocycles. The first-order valence-corrected chi connectivity index (χ1v) is 19.6. The highest BCUT2D eigenvalue weighted by molar-refractivity contribution is 5.96. The molecular formula is C48H40F6N2O10+2. The number of hydrogen-bond donors (Lipinski definition) is 2. The maximum Gasteiger partial charge on any atom is 0.437 e. The molecule has 342 valence electrons. The van der Waals surface area contributed by atoms with Crippen LogP contribution in [0.4, 0.5) is 37.7 Å². The van der Waals surface area contributed by atoms with Gasteiger partial charge in [-0.15, -0.1) is 0 Å². The van der Waals surface area contributed by atoms with Gasteiger partial charge in [-0.25, -0.2) is 19.2 Å². The van der Waals surface area contributed by atoms with Crippen molar-refractivity contribution in [2.24, 2.45) is 0 Å². The Morgan fingerprint density at radius 2 is 0.758 bits per heavy atom. The molecule has 0 saturated carbocycles. The number of hydrogen-bond acceptors (Lipinski definition) is 10. The molecule has 0 fully saturated rings. The Morgan fingerprint density at radius 1 is 0.455 bits per heavy atom. The van der Waals surface area contributed by atoms with Crippen molar-refractivity contribution >= 4 is 35.3 Å². The molecule has 6 N–H and O–H groups in total. The summed E-state index contributed by atoms with van der Waals surface area (Å²) in [5.41, 5.74) is -4.93. The van der Waals surface area contributed by atoms with Gasteiger partial charge in [0.15, 0.2) is 0 Å². The Balaban J connectivity index is 1.63. The minimum absolute atomic E-state index is 0.157. The maximum absolute atomic E-state index is 16.2. The highest BCUT2D eigenvalue weighted by atomic mass is 19.4. The molecule has 0 aliphatic heterocycles. The van der Waals surface area contributed by atoms with E-state index in [4.69, 9.17) is 28.4 Å². The van der Waals surface area contributed by atoms with Crippen molar-refractivity contribution in [2.75, 3.05) is 14.2 Å². The third kappa shape index (κ3) is 9.55. The predicted molar refractivity (Wildman–Crippen MR) is 221 cm³/mol. The summed E-state index contributed by atoms with van der Waals surface area (Å²) in [6.45, 7) is 0. The number of halogens is 6. The highest BCUT2D eigenvalue weighted by Crippen LogP contribution is 2.52. The number of esters is 4. The van der Waals surface area contributed by atoms with Gasteiger partial charge in [-0.3, -0.25) is 0 Å². The zero-order chi connectivity index (χ0) is 47.9. The molecule has 12 nitrogen and oxygen atoms in total. The lowest BCUT2D eigenvalue weighted by atomic mass is 9.83. The fraction of sp³-hybridized carbons (Fsp3) is 0.167. The van der Waals surface area contributed by atoms with E-state index < -0.39 is 81.9 Å². The number of ether oxygens (including phenoxy) is 6. The molecule has 0 aliphatic carbocycles. The van der Waals surface area contributed by atoms with Gasteiger partial charge in [0.25, 0.3) is 11.2 Å². The van der Waals surface area contributed by atoms with Crippen molar-refractivity contribution in [1.82, 2.24) is 0 Å². The first-order chi connectivity index (χ1) is 31.4. The van der Waals surface area contributed by atoms with Crippen molar-refractivity contribution in [3.63, 3.8) is 0 Å². The van der Waals surface area contributed by atoms with Crippen LogP contribution in [0.3, 0.4) is 0 Å². The van der Waals surface area contributed by atoms with Gasteiger partial charge < -0.3 is 39.9 Å². The lowest BCUT2D eigenvalue weighted by molar-refractivity contribution is -0.283. The Kier molecular flexibility index (Phi) is 14.2. The van der Waals surface area contributed by atoms with Gasteiger partial charge in [0.05, 0.1) is 36.5 Å². The first kappa shape index (κ1) is 47.8. The van der Waals surface area contributed by atoms with E-state index in [0.717, 1.165) is 87.0 Å². The van der Waals surface area contributed by atoms with E-state index >= 15 is 26.3 Å². The Morgan fingerprint density at radius 3 is 1.05 bits per heavy atom. The SMILES string of the molecule is COc1ccc([NH3+])c([C@](OC(=O)[C@H](OC(=O)c2ccccc2)[C@@H](OC(=O)c2ccccc2)C(=O)O[C@](c2ccccc2)(c2cc(OC)ccc2[NH3+])C(F)(F)F)(c2ccccc2)C(F)(F)F)c1. The Labute approximate surface area is 372 Å². The standard InChI is InChI=1S/C48H38F6N2O10/c1-61-33-23-25-37(55)35(27-33)45(47(49,50)51,31-19-11-5-12-20-31)65-43(59)39(63-41(57)29-15-7-3-8-16-29)40(64-42(58)30-17-9-4-10-18-30)44(60)66-46(48(52,53)54,32-21-13-6-14-22-32)36-28-34(62-2)24-26-38(36)56/h3-28,39-40H,55-56H2,1-2H3/p+2/t39-,40-,45-,46-/m1/s1. The predicted octanol–water partition coefficient (Wildman–Crippen LogP) is 7.30. The fourth-order valence-corrected chi connectivity index (χ4v) is 7.05. The van der Waals surface area contributed by atoms with E-state index in [0.29, 0.717) is 0 Å². The molecule has 0 amide bonds. The van der Waals surface area contributed by atoms with Crippen molar-refractivity contribution in [3.8, 4) is 11.5 Å². The molecular weight excluding hydrogens is 879 g/mol. The van der Waals surface area contributed by atoms with Gasteiger partial charge in [-0.2, -0.15) is 26.3 Å². The van der Waals surface area contributed by atoms with Crippen LogP contribution in [0.1, 0.15) is 43.0 Å². The van der Waals surface area contributed by atoms with Crippen LogP contribution in [-0.4, -0.2) is 62.7 Å². The van der Waals surface area contributed by atoms with Crippen LogP contribution >= 0.6 is 0 Å². The molecule has 66 heavy (non-hydrogen) atoms. The summed E-state index contributed by atoms with van der Waals surface area (Å²) in [6.07, 6.45) is -17.6. The van der Waals surface area contributed by atoms with Crippen molar-refractivity contribution in [1.29, 1.82) is 0 Å². The maximum atomic E-state index is 16.2. The molecule has 0 saturated heterocycles. The summed E-state index contributed by atoms with van der Waals surface area (Å²) in [6, 6.07) is 30.8. The minimum Gasteiger partial charge on any atom is -0.497 e. The van der Waals surface area contributed by atoms with Crippen LogP contribution in [0.5, 0.6) is 11.5 Å². The van der Waals surface area contributed by atoms with Crippen LogP contribution in [0.15, 0.2) is 158 Å². The van der Waals surface area contributed by atoms with Gasteiger partial charge in [-0.05, 0) is 48.5 Å². The lowest BCUT2D eigenvalue weighted by Crippen LogP contribution is -2.57. The zero-order valence-electron chi connectivity index (χ0n) is 34.9. The number of carbonyl (C=O) groups is 4. The molecule has 0 unspecified atom stereocenters. The quantitative estimate of drug-likeness (QED) is 0.0604. The smallest absolute Gasteiger partial charge is 0.437 e. The fourth-order valence-electron chi connectivity index (χ4n) is 7.05. The molecule has 18 heteroatoms. The molecule has 0 bridgehead atoms. The number of methoxy groups -OCH3 is 2. The van der Waals surface area contributed by atoms with Crippen LogP contribution in [0.2, 0.25) is 0 Å². The van der Waals surface area contributed by atoms with Crippen LogP contribution in [0.25, 0.3) is 0 Å². The number of benzene rings is 6. The number of rotatable bonds is 15. The normalized spacial score (nSPS) is 14.3. The van der Waals surface area contributed by atoms with Crippen LogP contribution in [0, 0.1) is 0 Å². The van der Waals surface area contributed by atoms with Crippen LogP contribution < -0.4 is 20.9 Å². The monoisotopic (exact) mass is 918 g/mol. The van der Waals surface area contributed by atoms with Crippen molar-refractivity contribution in [3.05, 3.63) is 191 Å². The summed E-state index contributed by atoms with van der Waals surface area (Å²) < 4.78 is 129. The van der Waals surface area contributed by atoms with Gasteiger partial charge in [0.2, 0.25) is 12.2 Å². The topological polar surface area (TPSA) is 179 Å². The Hall–Kier alpha value is -7.70. The molecule has 6 rings (SSSR count). The van der Waals surface area contributed by atoms with Crippen molar-refractivity contribution in [2.45, 2.75) is 35.8 Å². The van der Waals surface area contributed by atoms with E-state index in [-0.39, 0.29) is 34.0 Å². The highest BCUT2D eigenvalue weighted by Gasteiger charge is 2.66. The third-order valence-electron chi connectivity index (χ3n) is 10.3. The minimum atomic E-state index is -5.64. The number of carbonyl (C=O) groups excluding carboxylic acids is 4. The van der Waals surface area contributed by atoms with E-state index in [2.05, 4.69) is 11.5 Å². The second-order valence-electron chi connectivity index (χ2n) is 14.4. The lowest BCUT2D eigenvalue weighted by Gasteiger charge is -2.38. The summed E-state index contributed by atoms with van der Waals surface area (Å²) in [7, 11) is 2.31.